The monoisotopic (exact) mass is 1460 g/mol. The summed E-state index contributed by atoms with van der Waals surface area (Å²) in [7, 11) is -4.23. The molecule has 2 aromatic heterocycles. The Morgan fingerprint density at radius 3 is 2.10 bits per heavy atom. The van der Waals surface area contributed by atoms with Crippen LogP contribution >= 0.6 is 0 Å². The molecule has 3 aromatic carbocycles. The number of carboxylic acids is 1. The van der Waals surface area contributed by atoms with Crippen LogP contribution in [0.25, 0.3) is 11.0 Å². The van der Waals surface area contributed by atoms with E-state index in [-0.39, 0.29) is 107 Å². The van der Waals surface area contributed by atoms with E-state index in [2.05, 4.69) is 56.6 Å². The Hall–Kier alpha value is -9.66. The number of benzene rings is 3. The molecule has 0 spiro atoms. The molecule has 3 heterocycles. The van der Waals surface area contributed by atoms with E-state index in [1.54, 1.807) is 72.9 Å². The van der Waals surface area contributed by atoms with Gasteiger partial charge in [0.05, 0.1) is 87.8 Å². The molecule has 0 saturated carbocycles. The van der Waals surface area contributed by atoms with Crippen LogP contribution in [0.15, 0.2) is 71.7 Å². The van der Waals surface area contributed by atoms with Crippen LogP contribution in [0.5, 0.6) is 17.2 Å². The van der Waals surface area contributed by atoms with E-state index in [9.17, 15) is 47.1 Å². The molecule has 5 amide bonds. The van der Waals surface area contributed by atoms with Gasteiger partial charge in [-0.2, -0.15) is 10.2 Å². The minimum absolute atomic E-state index is 0.0412. The summed E-state index contributed by atoms with van der Waals surface area (Å²) in [4.78, 5) is 99.8. The van der Waals surface area contributed by atoms with Crippen LogP contribution in [0.1, 0.15) is 148 Å². The number of rotatable bonds is 42. The fourth-order valence-electron chi connectivity index (χ4n) is 11.2. The first kappa shape index (κ1) is 82.3. The first-order valence-electron chi connectivity index (χ1n) is 34.3. The molecule has 12 N–H and O–H groups in total. The van der Waals surface area contributed by atoms with Gasteiger partial charge in [0.1, 0.15) is 46.1 Å². The number of sulfonamides is 1. The summed E-state index contributed by atoms with van der Waals surface area (Å²) in [6.07, 6.45) is 4.63. The van der Waals surface area contributed by atoms with E-state index in [1.807, 2.05) is 27.7 Å². The standard InChI is InChI=1S/C71H101N13O18S/c1-43-35-62(87)100-59-38-50(21-22-54(43)59)78-66(89)58(19-12-13-24-76-69(92)102-70(7,8)9)80-61(86)42-77-65(88)57(20-14-25-75-68(72)84-103(93,94)64-45(3)44(2)63-56(46(64)4)40-71(10,11)101-63)79-60(85)23-29-95-31-33-97-34-32-96-30-26-74-41-51(81-73)17-15-27-98-52-36-49(67(90)91)37-53(39-52)99-28-16-18-55-47(5)82-83-48(55)6/h21-22,35-39,41,57-58H,12-20,23-34,40,42,73H2,1-11H3,(H,76,92)(H,77,88)(H,78,89)(H,79,85)(H,80,86)(H,82,83)(H,90,91)(H3,72,75,84). The number of hydrogen-bond acceptors (Lipinski definition) is 22. The Bertz CT molecular complexity index is 4010. The molecular weight excluding hydrogens is 1350 g/mol. The summed E-state index contributed by atoms with van der Waals surface area (Å²) in [5.74, 6) is 2.82. The van der Waals surface area contributed by atoms with Crippen LogP contribution in [-0.4, -0.2) is 180 Å². The van der Waals surface area contributed by atoms with Crippen molar-refractivity contribution in [3.8, 4) is 17.2 Å². The van der Waals surface area contributed by atoms with Gasteiger partial charge in [-0.1, -0.05) is 0 Å². The van der Waals surface area contributed by atoms with Gasteiger partial charge in [0.25, 0.3) is 10.0 Å². The number of unbranched alkanes of at least 4 members (excludes halogenated alkanes) is 1. The molecule has 6 rings (SSSR count). The van der Waals surface area contributed by atoms with E-state index in [4.69, 9.17) is 49.2 Å². The van der Waals surface area contributed by atoms with Crippen LogP contribution < -0.4 is 62.7 Å². The number of carbonyl (C=O) groups excluding carboxylic acids is 5. The Labute approximate surface area is 600 Å². The minimum Gasteiger partial charge on any atom is -0.493 e. The normalized spacial score (nSPS) is 13.6. The van der Waals surface area contributed by atoms with E-state index in [0.717, 1.165) is 28.9 Å². The summed E-state index contributed by atoms with van der Waals surface area (Å²) >= 11 is 0. The summed E-state index contributed by atoms with van der Waals surface area (Å²) in [5.41, 5.74) is 11.7. The fraction of sp³-hybridized carbons (Fsp3) is 0.535. The van der Waals surface area contributed by atoms with E-state index in [0.29, 0.717) is 102 Å². The number of fused-ring (bicyclic) bond motifs is 2. The Morgan fingerprint density at radius 2 is 1.43 bits per heavy atom. The van der Waals surface area contributed by atoms with Gasteiger partial charge >= 0.3 is 17.7 Å². The summed E-state index contributed by atoms with van der Waals surface area (Å²) < 4.78 is 75.6. The van der Waals surface area contributed by atoms with Crippen molar-refractivity contribution in [2.75, 3.05) is 84.4 Å². The second kappa shape index (κ2) is 39.7. The molecule has 2 atom stereocenters. The Kier molecular flexibility index (Phi) is 31.7. The van der Waals surface area contributed by atoms with Gasteiger partial charge in [0.2, 0.25) is 29.6 Å². The molecule has 0 saturated heterocycles. The molecule has 5 aromatic rings. The maximum absolute atomic E-state index is 13.9. The molecule has 0 radical (unpaired) electrons. The van der Waals surface area contributed by atoms with Gasteiger partial charge in [-0.3, -0.25) is 34.3 Å². The lowest BCUT2D eigenvalue weighted by Gasteiger charge is -2.21. The number of carbonyl (C=O) groups is 6. The maximum atomic E-state index is 13.9. The zero-order chi connectivity index (χ0) is 75.4. The molecule has 103 heavy (non-hydrogen) atoms. The molecule has 31 nitrogen and oxygen atoms in total. The van der Waals surface area contributed by atoms with Gasteiger partial charge in [-0.15, -0.1) is 0 Å². The van der Waals surface area contributed by atoms with Crippen LogP contribution in [0, 0.1) is 41.5 Å². The zero-order valence-corrected chi connectivity index (χ0v) is 61.6. The molecule has 0 aliphatic carbocycles. The summed E-state index contributed by atoms with van der Waals surface area (Å²) in [6.45, 7) is 21.4. The average molecular weight is 1460 g/mol. The van der Waals surface area contributed by atoms with Crippen LogP contribution in [0.3, 0.4) is 0 Å². The lowest BCUT2D eigenvalue weighted by Crippen LogP contribution is -2.51. The van der Waals surface area contributed by atoms with Crippen LogP contribution in [0.2, 0.25) is 0 Å². The fourth-order valence-corrected chi connectivity index (χ4v) is 12.7. The minimum atomic E-state index is -4.23. The number of hydrogen-bond donors (Lipinski definition) is 10. The number of amides is 5. The number of aromatic amines is 1. The largest absolute Gasteiger partial charge is 0.493 e. The van der Waals surface area contributed by atoms with Crippen molar-refractivity contribution < 1.29 is 79.9 Å². The molecule has 32 heteroatoms. The van der Waals surface area contributed by atoms with Gasteiger partial charge < -0.3 is 80.8 Å². The predicted octanol–water partition coefficient (Wildman–Crippen LogP) is 6.27. The number of anilines is 1. The van der Waals surface area contributed by atoms with Gasteiger partial charge in [0.15, 0.2) is 0 Å². The number of nitrogens with zero attached hydrogens (tertiary/aromatic N) is 4. The summed E-state index contributed by atoms with van der Waals surface area (Å²) in [5, 5.41) is 34.7. The number of nitrogens with two attached hydrogens (primary N) is 2. The number of carboxylic acid groups (broad SMARTS) is 1. The highest BCUT2D eigenvalue weighted by atomic mass is 32.2. The van der Waals surface area contributed by atoms with Crippen molar-refractivity contribution >= 4 is 80.3 Å². The number of guanidine groups is 1. The Morgan fingerprint density at radius 1 is 0.767 bits per heavy atom. The number of aromatic carboxylic acids is 1. The second-order valence-corrected chi connectivity index (χ2v) is 28.1. The third-order valence-corrected chi connectivity index (χ3v) is 18.0. The topological polar surface area (TPSA) is 442 Å². The number of hydrazone groups is 1. The van der Waals surface area contributed by atoms with Crippen molar-refractivity contribution in [3.63, 3.8) is 0 Å². The molecule has 2 unspecified atom stereocenters. The molecule has 0 fully saturated rings. The second-order valence-electron chi connectivity index (χ2n) is 26.5. The number of ether oxygens (including phenoxy) is 7. The molecule has 1 aliphatic rings. The number of aryl methyl sites for hydroxylation is 3. The number of alkyl carbamates (subject to hydrolysis) is 1. The van der Waals surface area contributed by atoms with Gasteiger partial charge in [-0.05, 0) is 186 Å². The lowest BCUT2D eigenvalue weighted by atomic mass is 9.94. The van der Waals surface area contributed by atoms with E-state index >= 15 is 0 Å². The highest BCUT2D eigenvalue weighted by molar-refractivity contribution is 7.90. The lowest BCUT2D eigenvalue weighted by molar-refractivity contribution is -0.131. The number of aromatic nitrogens is 2. The number of H-pyrrole nitrogens is 1. The van der Waals surface area contributed by atoms with Crippen molar-refractivity contribution in [3.05, 3.63) is 103 Å². The van der Waals surface area contributed by atoms with Crippen molar-refractivity contribution in [2.24, 2.45) is 26.7 Å². The van der Waals surface area contributed by atoms with Gasteiger partial charge in [0, 0.05) is 72.7 Å². The van der Waals surface area contributed by atoms with Gasteiger partial charge in [-0.25, -0.2) is 27.5 Å². The van der Waals surface area contributed by atoms with Crippen LogP contribution in [-0.2, 0) is 61.0 Å². The Balaban J connectivity index is 0.951. The van der Waals surface area contributed by atoms with Crippen molar-refractivity contribution in [1.82, 2.24) is 36.2 Å². The molecular formula is C71H101N13O18S. The molecule has 564 valence electrons. The van der Waals surface area contributed by atoms with E-state index < -0.39 is 87.1 Å². The third-order valence-electron chi connectivity index (χ3n) is 16.3. The van der Waals surface area contributed by atoms with E-state index in [1.165, 1.54) is 24.3 Å². The SMILES string of the molecule is Cc1n[nH]c(C)c1CCCOc1cc(OCCCC(C=NCCOCCOCCOCCC(=O)NC(CCCN=C(N)NS(=O)(=O)c2c(C)c(C)c3c(c2C)CC(C)(C)O3)C(=O)NCC(=O)NC(CCCCNC(=O)OC(C)(C)C)C(=O)Nc2ccc3c(C)cc(=O)oc3c2)=NN)cc(C(=O)O)c1. The van der Waals surface area contributed by atoms with Crippen molar-refractivity contribution in [2.45, 2.75) is 175 Å². The summed E-state index contributed by atoms with van der Waals surface area (Å²) in [6, 6.07) is 8.31. The molecule has 1 aliphatic heterocycles. The predicted molar refractivity (Wildman–Crippen MR) is 388 cm³/mol. The number of nitrogens with one attached hydrogen (secondary N) is 7. The quantitative estimate of drug-likeness (QED) is 0.00514. The van der Waals surface area contributed by atoms with Crippen molar-refractivity contribution in [1.29, 1.82) is 0 Å². The first-order valence-corrected chi connectivity index (χ1v) is 35.8. The highest BCUT2D eigenvalue weighted by Gasteiger charge is 2.37. The van der Waals surface area contributed by atoms with Crippen LogP contribution in [0.4, 0.5) is 10.5 Å². The average Bonchev–Trinajstić information content (AvgIpc) is 1.64. The number of aliphatic imine (C=N–C) groups is 2. The molecule has 0 bridgehead atoms. The highest BCUT2D eigenvalue weighted by Crippen LogP contribution is 2.44. The third kappa shape index (κ3) is 27.2. The maximum Gasteiger partial charge on any atom is 0.407 e. The first-order chi connectivity index (χ1) is 48.8. The smallest absolute Gasteiger partial charge is 0.407 e. The zero-order valence-electron chi connectivity index (χ0n) is 60.8.